The molecule has 2 fully saturated rings. The van der Waals surface area contributed by atoms with Crippen LogP contribution < -0.4 is 10.2 Å². The number of hydrogen-bond acceptors (Lipinski definition) is 6. The van der Waals surface area contributed by atoms with E-state index in [2.05, 4.69) is 5.32 Å². The molecule has 148 valence electrons. The molecule has 1 aromatic rings. The number of nitrogens with zero attached hydrogens (tertiary/aromatic N) is 2. The number of esters is 1. The van der Waals surface area contributed by atoms with Crippen LogP contribution in [-0.2, 0) is 19.1 Å². The first-order chi connectivity index (χ1) is 13.4. The fraction of sp³-hybridized carbons (Fsp3) is 0.400. The number of carbonyl (C=O) groups excluding carboxylic acids is 3. The van der Waals surface area contributed by atoms with Crippen LogP contribution in [0, 0.1) is 12.8 Å². The van der Waals surface area contributed by atoms with Crippen LogP contribution in [0.1, 0.15) is 25.3 Å². The fourth-order valence-electron chi connectivity index (χ4n) is 3.28. The number of ether oxygens (including phenoxy) is 1. The van der Waals surface area contributed by atoms with Gasteiger partial charge >= 0.3 is 5.97 Å². The van der Waals surface area contributed by atoms with E-state index in [0.717, 1.165) is 5.56 Å². The molecule has 28 heavy (non-hydrogen) atoms. The van der Waals surface area contributed by atoms with Crippen LogP contribution in [0.4, 0.5) is 5.69 Å². The van der Waals surface area contributed by atoms with E-state index in [1.54, 1.807) is 25.3 Å². The highest BCUT2D eigenvalue weighted by Crippen LogP contribution is 2.23. The molecule has 0 radical (unpaired) electrons. The Morgan fingerprint density at radius 1 is 1.25 bits per heavy atom. The van der Waals surface area contributed by atoms with Gasteiger partial charge in [-0.2, -0.15) is 0 Å². The summed E-state index contributed by atoms with van der Waals surface area (Å²) in [6.45, 7) is 5.25. The van der Waals surface area contributed by atoms with Crippen molar-refractivity contribution in [2.75, 3.05) is 24.6 Å². The topological polar surface area (TPSA) is 79.0 Å². The molecule has 2 amide bonds. The van der Waals surface area contributed by atoms with Crippen molar-refractivity contribution >= 4 is 40.8 Å². The molecule has 0 unspecified atom stereocenters. The Hall–Kier alpha value is -2.74. The lowest BCUT2D eigenvalue weighted by atomic mass is 9.97. The third-order valence-electron chi connectivity index (χ3n) is 4.86. The molecule has 2 saturated heterocycles. The Balaban J connectivity index is 1.75. The summed E-state index contributed by atoms with van der Waals surface area (Å²) in [7, 11) is 0. The van der Waals surface area contributed by atoms with E-state index in [1.807, 2.05) is 24.0 Å². The molecule has 0 aromatic heterocycles. The fourth-order valence-corrected chi connectivity index (χ4v) is 3.56. The summed E-state index contributed by atoms with van der Waals surface area (Å²) in [5.74, 6) is -1.28. The average molecular weight is 401 g/mol. The maximum atomic E-state index is 13.0. The Morgan fingerprint density at radius 2 is 1.89 bits per heavy atom. The van der Waals surface area contributed by atoms with Crippen molar-refractivity contribution in [3.05, 3.63) is 41.6 Å². The lowest BCUT2D eigenvalue weighted by Gasteiger charge is -2.33. The molecule has 7 nitrogen and oxygen atoms in total. The smallest absolute Gasteiger partial charge is 0.309 e. The monoisotopic (exact) mass is 401 g/mol. The number of likely N-dealkylation sites (tertiary alicyclic amines) is 1. The van der Waals surface area contributed by atoms with Crippen LogP contribution >= 0.6 is 12.2 Å². The van der Waals surface area contributed by atoms with Crippen molar-refractivity contribution in [2.45, 2.75) is 26.7 Å². The number of hydrogen-bond donors (Lipinski definition) is 1. The van der Waals surface area contributed by atoms with Crippen molar-refractivity contribution < 1.29 is 19.1 Å². The Kier molecular flexibility index (Phi) is 6.08. The Morgan fingerprint density at radius 3 is 2.50 bits per heavy atom. The lowest BCUT2D eigenvalue weighted by Crippen LogP contribution is -2.54. The van der Waals surface area contributed by atoms with E-state index in [-0.39, 0.29) is 22.6 Å². The van der Waals surface area contributed by atoms with Gasteiger partial charge in [0.05, 0.1) is 18.2 Å². The number of piperidine rings is 1. The minimum Gasteiger partial charge on any atom is -0.466 e. The summed E-state index contributed by atoms with van der Waals surface area (Å²) < 4.78 is 5.07. The molecule has 1 aromatic carbocycles. The SMILES string of the molecule is CCOC(=O)C1CCN(C=C2C(=O)NC(=S)N(c3ccc(C)cc3)C2=O)CC1. The maximum Gasteiger partial charge on any atom is 0.309 e. The first-order valence-corrected chi connectivity index (χ1v) is 9.70. The molecule has 8 heteroatoms. The van der Waals surface area contributed by atoms with Crippen LogP contribution in [0.5, 0.6) is 0 Å². The first kappa shape index (κ1) is 20.0. The highest BCUT2D eigenvalue weighted by Gasteiger charge is 2.35. The summed E-state index contributed by atoms with van der Waals surface area (Å²) in [5.41, 5.74) is 1.69. The number of anilines is 1. The molecular weight excluding hydrogens is 378 g/mol. The largest absolute Gasteiger partial charge is 0.466 e. The highest BCUT2D eigenvalue weighted by molar-refractivity contribution is 7.80. The number of nitrogens with one attached hydrogen (secondary N) is 1. The van der Waals surface area contributed by atoms with Crippen molar-refractivity contribution in [3.63, 3.8) is 0 Å². The van der Waals surface area contributed by atoms with E-state index in [1.165, 1.54) is 4.90 Å². The quantitative estimate of drug-likeness (QED) is 0.359. The standard InChI is InChI=1S/C20H23N3O4S/c1-3-27-19(26)14-8-10-22(11-9-14)12-16-17(24)21-20(28)23(18(16)25)15-6-4-13(2)5-7-15/h4-7,12,14H,3,8-11H2,1-2H3,(H,21,24,28). The average Bonchev–Trinajstić information content (AvgIpc) is 2.67. The number of benzene rings is 1. The number of amides is 2. The number of aryl methyl sites for hydroxylation is 1. The molecule has 2 heterocycles. The second-order valence-corrected chi connectivity index (χ2v) is 7.23. The van der Waals surface area contributed by atoms with E-state index in [0.29, 0.717) is 38.2 Å². The van der Waals surface area contributed by atoms with Crippen molar-refractivity contribution in [3.8, 4) is 0 Å². The Labute approximate surface area is 169 Å². The van der Waals surface area contributed by atoms with Crippen LogP contribution in [0.2, 0.25) is 0 Å². The van der Waals surface area contributed by atoms with Crippen LogP contribution in [0.3, 0.4) is 0 Å². The zero-order valence-electron chi connectivity index (χ0n) is 15.9. The van der Waals surface area contributed by atoms with Gasteiger partial charge in [-0.1, -0.05) is 17.7 Å². The van der Waals surface area contributed by atoms with Gasteiger partial charge in [0.2, 0.25) is 0 Å². The molecular formula is C20H23N3O4S. The van der Waals surface area contributed by atoms with Gasteiger partial charge < -0.3 is 9.64 Å². The summed E-state index contributed by atoms with van der Waals surface area (Å²) >= 11 is 5.20. The third-order valence-corrected chi connectivity index (χ3v) is 5.14. The second-order valence-electron chi connectivity index (χ2n) is 6.84. The van der Waals surface area contributed by atoms with Gasteiger partial charge in [-0.25, -0.2) is 0 Å². The molecule has 0 atom stereocenters. The lowest BCUT2D eigenvalue weighted by molar-refractivity contribution is -0.149. The second kappa shape index (κ2) is 8.52. The highest BCUT2D eigenvalue weighted by atomic mass is 32.1. The van der Waals surface area contributed by atoms with Gasteiger partial charge in [-0.05, 0) is 51.0 Å². The number of thiocarbonyl (C=S) groups is 1. The first-order valence-electron chi connectivity index (χ1n) is 9.29. The minimum atomic E-state index is -0.508. The van der Waals surface area contributed by atoms with Gasteiger partial charge in [0.15, 0.2) is 5.11 Å². The van der Waals surface area contributed by atoms with Crippen LogP contribution in [0.15, 0.2) is 36.0 Å². The van der Waals surface area contributed by atoms with Gasteiger partial charge in [0, 0.05) is 19.3 Å². The zero-order valence-corrected chi connectivity index (χ0v) is 16.8. The molecule has 2 aliphatic rings. The van der Waals surface area contributed by atoms with Crippen LogP contribution in [0.25, 0.3) is 0 Å². The van der Waals surface area contributed by atoms with E-state index in [9.17, 15) is 14.4 Å². The molecule has 0 saturated carbocycles. The molecule has 0 spiro atoms. The van der Waals surface area contributed by atoms with Gasteiger partial charge in [0.25, 0.3) is 11.8 Å². The summed E-state index contributed by atoms with van der Waals surface area (Å²) in [6, 6.07) is 7.34. The zero-order chi connectivity index (χ0) is 20.3. The molecule has 2 aliphatic heterocycles. The van der Waals surface area contributed by atoms with Crippen molar-refractivity contribution in [2.24, 2.45) is 5.92 Å². The van der Waals surface area contributed by atoms with E-state index >= 15 is 0 Å². The normalized spacial score (nSPS) is 19.8. The summed E-state index contributed by atoms with van der Waals surface area (Å²) in [5, 5.41) is 2.65. The Bertz CT molecular complexity index is 826. The number of carbonyl (C=O) groups is 3. The van der Waals surface area contributed by atoms with E-state index < -0.39 is 11.8 Å². The summed E-state index contributed by atoms with van der Waals surface area (Å²) in [6.07, 6.45) is 2.82. The molecule has 0 aliphatic carbocycles. The molecule has 1 N–H and O–H groups in total. The van der Waals surface area contributed by atoms with Gasteiger partial charge in [-0.15, -0.1) is 0 Å². The predicted molar refractivity (Wildman–Crippen MR) is 108 cm³/mol. The summed E-state index contributed by atoms with van der Waals surface area (Å²) in [4.78, 5) is 40.4. The predicted octanol–water partition coefficient (Wildman–Crippen LogP) is 1.90. The van der Waals surface area contributed by atoms with Crippen molar-refractivity contribution in [1.82, 2.24) is 10.2 Å². The molecule has 0 bridgehead atoms. The minimum absolute atomic E-state index is 0.0313. The van der Waals surface area contributed by atoms with Gasteiger partial charge in [-0.3, -0.25) is 24.6 Å². The van der Waals surface area contributed by atoms with Gasteiger partial charge in [0.1, 0.15) is 5.57 Å². The maximum absolute atomic E-state index is 13.0. The third kappa shape index (κ3) is 4.22. The van der Waals surface area contributed by atoms with Crippen LogP contribution in [-0.4, -0.2) is 47.5 Å². The van der Waals surface area contributed by atoms with E-state index in [4.69, 9.17) is 17.0 Å². The van der Waals surface area contributed by atoms with Crippen molar-refractivity contribution in [1.29, 1.82) is 0 Å². The molecule has 3 rings (SSSR count). The number of rotatable bonds is 4.